The Bertz CT molecular complexity index is 681. The van der Waals surface area contributed by atoms with Crippen molar-refractivity contribution in [3.63, 3.8) is 0 Å². The highest BCUT2D eigenvalue weighted by molar-refractivity contribution is 7.89. The van der Waals surface area contributed by atoms with Crippen LogP contribution < -0.4 is 4.72 Å². The van der Waals surface area contributed by atoms with Gasteiger partial charge in [0, 0.05) is 44.3 Å². The van der Waals surface area contributed by atoms with Crippen molar-refractivity contribution in [3.8, 4) is 0 Å². The molecule has 1 aromatic carbocycles. The summed E-state index contributed by atoms with van der Waals surface area (Å²) in [5.74, 6) is -0.0902. The van der Waals surface area contributed by atoms with Crippen LogP contribution in [0.25, 0.3) is 0 Å². The first-order valence-corrected chi connectivity index (χ1v) is 10.6. The van der Waals surface area contributed by atoms with Gasteiger partial charge in [0.2, 0.25) is 10.0 Å². The molecule has 1 aliphatic heterocycles. The van der Waals surface area contributed by atoms with Gasteiger partial charge in [-0.1, -0.05) is 0 Å². The van der Waals surface area contributed by atoms with Crippen LogP contribution >= 0.6 is 0 Å². The summed E-state index contributed by atoms with van der Waals surface area (Å²) < 4.78 is 33.1. The van der Waals surface area contributed by atoms with Gasteiger partial charge in [-0.15, -0.1) is 0 Å². The lowest BCUT2D eigenvalue weighted by atomic mass is 10.2. The minimum absolute atomic E-state index is 0.0902. The molecule has 0 radical (unpaired) electrons. The summed E-state index contributed by atoms with van der Waals surface area (Å²) in [6.45, 7) is 10.6. The van der Waals surface area contributed by atoms with Crippen LogP contribution in [-0.4, -0.2) is 76.1 Å². The number of carbonyl (C=O) groups is 1. The van der Waals surface area contributed by atoms with Crippen molar-refractivity contribution in [2.45, 2.75) is 31.7 Å². The van der Waals surface area contributed by atoms with E-state index in [-0.39, 0.29) is 16.8 Å². The van der Waals surface area contributed by atoms with Crippen molar-refractivity contribution in [1.82, 2.24) is 14.5 Å². The van der Waals surface area contributed by atoms with Gasteiger partial charge in [0.1, 0.15) is 0 Å². The number of nitrogens with zero attached hydrogens (tertiary/aromatic N) is 2. The summed E-state index contributed by atoms with van der Waals surface area (Å²) in [4.78, 5) is 16.4. The van der Waals surface area contributed by atoms with Crippen LogP contribution in [0.5, 0.6) is 0 Å². The van der Waals surface area contributed by atoms with Gasteiger partial charge in [0.15, 0.2) is 0 Å². The van der Waals surface area contributed by atoms with E-state index in [0.29, 0.717) is 38.4 Å². The molecule has 1 heterocycles. The highest BCUT2D eigenvalue weighted by Crippen LogP contribution is 2.13. The molecule has 7 nitrogen and oxygen atoms in total. The maximum Gasteiger partial charge on any atom is 0.253 e. The van der Waals surface area contributed by atoms with Gasteiger partial charge in [-0.05, 0) is 45.0 Å². The molecule has 0 bridgehead atoms. The molecule has 1 N–H and O–H groups in total. The summed E-state index contributed by atoms with van der Waals surface area (Å²) in [5, 5.41) is 0. The lowest BCUT2D eigenvalue weighted by molar-refractivity contribution is 0.0354. The molecule has 0 aliphatic carbocycles. The van der Waals surface area contributed by atoms with E-state index in [9.17, 15) is 13.2 Å². The number of ether oxygens (including phenoxy) is 1. The highest BCUT2D eigenvalue weighted by Gasteiger charge is 2.21. The fourth-order valence-corrected chi connectivity index (χ4v) is 4.25. The van der Waals surface area contributed by atoms with Gasteiger partial charge in [-0.25, -0.2) is 13.1 Å². The molecule has 146 valence electrons. The molecule has 1 aliphatic rings. The topological polar surface area (TPSA) is 79.0 Å². The molecule has 1 saturated heterocycles. The van der Waals surface area contributed by atoms with Crippen molar-refractivity contribution >= 4 is 15.9 Å². The Labute approximate surface area is 156 Å². The first kappa shape index (κ1) is 20.8. The highest BCUT2D eigenvalue weighted by atomic mass is 32.2. The molecule has 1 aromatic rings. The smallest absolute Gasteiger partial charge is 0.253 e. The Morgan fingerprint density at radius 1 is 1.19 bits per heavy atom. The third-order valence-electron chi connectivity index (χ3n) is 4.45. The second kappa shape index (κ2) is 9.45. The van der Waals surface area contributed by atoms with E-state index in [1.165, 1.54) is 12.1 Å². The fourth-order valence-electron chi connectivity index (χ4n) is 3.01. The Balaban J connectivity index is 2.00. The van der Waals surface area contributed by atoms with Gasteiger partial charge < -0.3 is 9.64 Å². The molecule has 2 rings (SSSR count). The van der Waals surface area contributed by atoms with Crippen LogP contribution in [0, 0.1) is 0 Å². The molecule has 8 heteroatoms. The van der Waals surface area contributed by atoms with Gasteiger partial charge in [-0.3, -0.25) is 9.69 Å². The van der Waals surface area contributed by atoms with E-state index >= 15 is 0 Å². The molecule has 1 unspecified atom stereocenters. The minimum atomic E-state index is -3.62. The van der Waals surface area contributed by atoms with Crippen molar-refractivity contribution < 1.29 is 17.9 Å². The molecule has 0 aromatic heterocycles. The van der Waals surface area contributed by atoms with E-state index < -0.39 is 10.0 Å². The predicted octanol–water partition coefficient (Wildman–Crippen LogP) is 1.17. The number of amides is 1. The van der Waals surface area contributed by atoms with Crippen LogP contribution in [0.4, 0.5) is 0 Å². The number of hydrogen-bond donors (Lipinski definition) is 1. The summed E-state index contributed by atoms with van der Waals surface area (Å²) in [6.07, 6.45) is 0. The van der Waals surface area contributed by atoms with Gasteiger partial charge in [0.25, 0.3) is 5.91 Å². The maximum atomic E-state index is 12.6. The average Bonchev–Trinajstić information content (AvgIpc) is 2.63. The third kappa shape index (κ3) is 5.51. The quantitative estimate of drug-likeness (QED) is 0.729. The minimum Gasteiger partial charge on any atom is -0.379 e. The fraction of sp³-hybridized carbons (Fsp3) is 0.611. The van der Waals surface area contributed by atoms with Crippen LogP contribution in [-0.2, 0) is 14.8 Å². The predicted molar refractivity (Wildman–Crippen MR) is 101 cm³/mol. The molecular formula is C18H29N3O4S. The van der Waals surface area contributed by atoms with E-state index in [4.69, 9.17) is 4.74 Å². The number of benzene rings is 1. The number of hydrogen-bond acceptors (Lipinski definition) is 5. The standard InChI is InChI=1S/C18H29N3O4S/c1-4-21(5-2)18(22)16-6-8-17(9-7-16)26(23,24)19-15(3)14-20-10-12-25-13-11-20/h6-9,15,19H,4-5,10-14H2,1-3H3. The molecule has 1 fully saturated rings. The molecule has 1 amide bonds. The number of rotatable bonds is 8. The Kier molecular flexibility index (Phi) is 7.57. The average molecular weight is 384 g/mol. The Morgan fingerprint density at radius 3 is 2.31 bits per heavy atom. The van der Waals surface area contributed by atoms with Crippen LogP contribution in [0.3, 0.4) is 0 Å². The zero-order valence-electron chi connectivity index (χ0n) is 15.8. The van der Waals surface area contributed by atoms with Crippen molar-refractivity contribution in [2.75, 3.05) is 45.9 Å². The normalized spacial score (nSPS) is 17.0. The lowest BCUT2D eigenvalue weighted by Gasteiger charge is -2.29. The SMILES string of the molecule is CCN(CC)C(=O)c1ccc(S(=O)(=O)NC(C)CN2CCOCC2)cc1. The van der Waals surface area contributed by atoms with Gasteiger partial charge in [-0.2, -0.15) is 0 Å². The van der Waals surface area contributed by atoms with Gasteiger partial charge in [0.05, 0.1) is 18.1 Å². The first-order valence-electron chi connectivity index (χ1n) is 9.09. The van der Waals surface area contributed by atoms with Crippen LogP contribution in [0.2, 0.25) is 0 Å². The van der Waals surface area contributed by atoms with E-state index in [0.717, 1.165) is 13.1 Å². The van der Waals surface area contributed by atoms with Crippen molar-refractivity contribution in [1.29, 1.82) is 0 Å². The van der Waals surface area contributed by atoms with E-state index in [1.807, 2.05) is 20.8 Å². The number of morpholine rings is 1. The zero-order chi connectivity index (χ0) is 19.2. The van der Waals surface area contributed by atoms with E-state index in [1.54, 1.807) is 17.0 Å². The number of sulfonamides is 1. The summed E-state index contributed by atoms with van der Waals surface area (Å²) >= 11 is 0. The summed E-state index contributed by atoms with van der Waals surface area (Å²) in [5.41, 5.74) is 0.494. The van der Waals surface area contributed by atoms with E-state index in [2.05, 4.69) is 9.62 Å². The summed E-state index contributed by atoms with van der Waals surface area (Å²) in [6, 6.07) is 5.90. The summed E-state index contributed by atoms with van der Waals surface area (Å²) in [7, 11) is -3.62. The molecule has 26 heavy (non-hydrogen) atoms. The largest absolute Gasteiger partial charge is 0.379 e. The number of carbonyl (C=O) groups excluding carboxylic acids is 1. The molecule has 0 saturated carbocycles. The second-order valence-electron chi connectivity index (χ2n) is 6.44. The third-order valence-corrected chi connectivity index (χ3v) is 6.06. The molecule has 1 atom stereocenters. The van der Waals surface area contributed by atoms with Crippen LogP contribution in [0.1, 0.15) is 31.1 Å². The van der Waals surface area contributed by atoms with Gasteiger partial charge >= 0.3 is 0 Å². The lowest BCUT2D eigenvalue weighted by Crippen LogP contribution is -2.45. The zero-order valence-corrected chi connectivity index (χ0v) is 16.6. The van der Waals surface area contributed by atoms with Crippen molar-refractivity contribution in [3.05, 3.63) is 29.8 Å². The number of nitrogens with one attached hydrogen (secondary N) is 1. The Morgan fingerprint density at radius 2 is 1.77 bits per heavy atom. The van der Waals surface area contributed by atoms with Crippen molar-refractivity contribution in [2.24, 2.45) is 0 Å². The monoisotopic (exact) mass is 383 g/mol. The molecule has 0 spiro atoms. The maximum absolute atomic E-state index is 12.6. The second-order valence-corrected chi connectivity index (χ2v) is 8.15. The van der Waals surface area contributed by atoms with Crippen LogP contribution in [0.15, 0.2) is 29.2 Å². The molecular weight excluding hydrogens is 354 g/mol. The first-order chi connectivity index (χ1) is 12.4. The Hall–Kier alpha value is -1.48.